The van der Waals surface area contributed by atoms with Crippen molar-refractivity contribution in [2.75, 3.05) is 7.11 Å². The van der Waals surface area contributed by atoms with Gasteiger partial charge < -0.3 is 10.1 Å². The van der Waals surface area contributed by atoms with Crippen LogP contribution in [0.1, 0.15) is 51.1 Å². The molecule has 2 fully saturated rings. The van der Waals surface area contributed by atoms with Crippen LogP contribution >= 0.6 is 11.3 Å². The van der Waals surface area contributed by atoms with Crippen LogP contribution in [0.25, 0.3) is 26.3 Å². The molecule has 3 aromatic heterocycles. The predicted molar refractivity (Wildman–Crippen MR) is 120 cm³/mol. The van der Waals surface area contributed by atoms with Crippen LogP contribution in [-0.4, -0.2) is 37.4 Å². The molecule has 1 aromatic carbocycles. The first kappa shape index (κ1) is 18.4. The molecule has 0 radical (unpaired) electrons. The summed E-state index contributed by atoms with van der Waals surface area (Å²) in [6.45, 7) is 4.76. The van der Waals surface area contributed by atoms with Gasteiger partial charge in [0.1, 0.15) is 11.3 Å². The molecule has 156 valence electrons. The zero-order valence-electron chi connectivity index (χ0n) is 17.9. The highest BCUT2D eigenvalue weighted by molar-refractivity contribution is 7.20. The van der Waals surface area contributed by atoms with E-state index in [0.717, 1.165) is 27.2 Å². The number of nitrogens with zero attached hydrogens (tertiary/aromatic N) is 4. The molecule has 0 aliphatic carbocycles. The van der Waals surface area contributed by atoms with Crippen LogP contribution in [0.4, 0.5) is 0 Å². The molecule has 6 nitrogen and oxygen atoms in total. The number of hydrogen-bond donors (Lipinski definition) is 1. The standard InChI is InChI=1S/C23H27N5OS/c1-22-5-6-23(2,26-22)10-16(9-22)17-12-28-13-19(30-21(28)24-17)14-7-15-11-27(3)25-20(15)18(8-14)29-4/h7-8,11-13,16,26H,5-6,9-10H2,1-4H3/t16?,22-,23+. The highest BCUT2D eigenvalue weighted by Crippen LogP contribution is 2.48. The second-order valence-corrected chi connectivity index (χ2v) is 10.7. The van der Waals surface area contributed by atoms with Gasteiger partial charge in [0.05, 0.1) is 17.7 Å². The first-order chi connectivity index (χ1) is 14.3. The van der Waals surface area contributed by atoms with Crippen LogP contribution < -0.4 is 10.1 Å². The van der Waals surface area contributed by atoms with Crippen LogP contribution in [0.5, 0.6) is 5.75 Å². The number of methoxy groups -OCH3 is 1. The Bertz CT molecular complexity index is 1240. The average molecular weight is 422 g/mol. The number of piperidine rings is 1. The van der Waals surface area contributed by atoms with E-state index >= 15 is 0 Å². The summed E-state index contributed by atoms with van der Waals surface area (Å²) >= 11 is 1.74. The fourth-order valence-electron chi connectivity index (χ4n) is 5.75. The van der Waals surface area contributed by atoms with Crippen LogP contribution in [0.3, 0.4) is 0 Å². The number of aryl methyl sites for hydroxylation is 1. The maximum absolute atomic E-state index is 5.60. The minimum atomic E-state index is 0.259. The molecule has 0 amide bonds. The van der Waals surface area contributed by atoms with Crippen molar-refractivity contribution in [3.8, 4) is 16.2 Å². The lowest BCUT2D eigenvalue weighted by Gasteiger charge is -2.41. The second-order valence-electron chi connectivity index (χ2n) is 9.72. The van der Waals surface area contributed by atoms with Gasteiger partial charge in [0.15, 0.2) is 4.96 Å². The van der Waals surface area contributed by atoms with E-state index in [-0.39, 0.29) is 11.1 Å². The van der Waals surface area contributed by atoms with Crippen LogP contribution in [-0.2, 0) is 7.05 Å². The molecular weight excluding hydrogens is 394 g/mol. The number of ether oxygens (including phenoxy) is 1. The van der Waals surface area contributed by atoms with Crippen LogP contribution in [0.15, 0.2) is 30.7 Å². The second kappa shape index (κ2) is 6.08. The maximum atomic E-state index is 5.60. The summed E-state index contributed by atoms with van der Waals surface area (Å²) in [4.78, 5) is 7.31. The molecule has 7 heteroatoms. The summed E-state index contributed by atoms with van der Waals surface area (Å²) in [5.41, 5.74) is 3.80. The van der Waals surface area contributed by atoms with E-state index in [1.165, 1.54) is 36.3 Å². The van der Waals surface area contributed by atoms with Gasteiger partial charge in [0, 0.05) is 48.0 Å². The predicted octanol–water partition coefficient (Wildman–Crippen LogP) is 4.74. The molecule has 3 atom stereocenters. The SMILES string of the molecule is COc1cc(-c2cn3cc(C4C[C@]5(C)CC[C@](C)(C4)N5)nc3s2)cc2cn(C)nc12. The Labute approximate surface area is 179 Å². The molecule has 0 saturated carbocycles. The number of imidazole rings is 1. The molecule has 0 spiro atoms. The maximum Gasteiger partial charge on any atom is 0.194 e. The topological polar surface area (TPSA) is 56.4 Å². The normalized spacial score (nSPS) is 28.6. The average Bonchev–Trinajstić information content (AvgIpc) is 3.40. The number of fused-ring (bicyclic) bond motifs is 4. The molecule has 2 aliphatic heterocycles. The number of aromatic nitrogens is 4. The number of nitrogens with one attached hydrogen (secondary N) is 1. The summed E-state index contributed by atoms with van der Waals surface area (Å²) in [5.74, 6) is 1.34. The van der Waals surface area contributed by atoms with Gasteiger partial charge in [-0.1, -0.05) is 11.3 Å². The Hall–Kier alpha value is -2.38. The van der Waals surface area contributed by atoms with Crippen molar-refractivity contribution in [3.05, 3.63) is 36.4 Å². The molecular formula is C23H27N5OS. The van der Waals surface area contributed by atoms with Crippen molar-refractivity contribution in [3.63, 3.8) is 0 Å². The molecule has 2 saturated heterocycles. The molecule has 30 heavy (non-hydrogen) atoms. The summed E-state index contributed by atoms with van der Waals surface area (Å²) in [5, 5.41) is 9.48. The van der Waals surface area contributed by atoms with Crippen LogP contribution in [0, 0.1) is 0 Å². The Morgan fingerprint density at radius 2 is 1.90 bits per heavy atom. The summed E-state index contributed by atoms with van der Waals surface area (Å²) in [6, 6.07) is 4.26. The molecule has 1 unspecified atom stereocenters. The minimum Gasteiger partial charge on any atom is -0.494 e. The molecule has 2 bridgehead atoms. The largest absolute Gasteiger partial charge is 0.494 e. The number of benzene rings is 1. The zero-order chi connectivity index (χ0) is 20.7. The summed E-state index contributed by atoms with van der Waals surface area (Å²) in [6.07, 6.45) is 11.4. The molecule has 4 aromatic rings. The first-order valence-electron chi connectivity index (χ1n) is 10.6. The first-order valence-corrected chi connectivity index (χ1v) is 11.4. The van der Waals surface area contributed by atoms with E-state index in [1.54, 1.807) is 18.4 Å². The fourth-order valence-corrected chi connectivity index (χ4v) is 6.71. The summed E-state index contributed by atoms with van der Waals surface area (Å²) < 4.78 is 9.63. The summed E-state index contributed by atoms with van der Waals surface area (Å²) in [7, 11) is 3.64. The van der Waals surface area contributed by atoms with E-state index in [0.29, 0.717) is 5.92 Å². The number of hydrogen-bond acceptors (Lipinski definition) is 5. The van der Waals surface area contributed by atoms with Gasteiger partial charge in [-0.2, -0.15) is 5.10 Å². The fraction of sp³-hybridized carbons (Fsp3) is 0.478. The minimum absolute atomic E-state index is 0.259. The number of rotatable bonds is 3. The van der Waals surface area contributed by atoms with E-state index < -0.39 is 0 Å². The van der Waals surface area contributed by atoms with Gasteiger partial charge in [-0.15, -0.1) is 0 Å². The molecule has 6 rings (SSSR count). The lowest BCUT2D eigenvalue weighted by atomic mass is 9.79. The monoisotopic (exact) mass is 421 g/mol. The van der Waals surface area contributed by atoms with Crippen molar-refractivity contribution in [2.24, 2.45) is 7.05 Å². The van der Waals surface area contributed by atoms with E-state index in [4.69, 9.17) is 9.72 Å². The van der Waals surface area contributed by atoms with E-state index in [9.17, 15) is 0 Å². The highest BCUT2D eigenvalue weighted by atomic mass is 32.1. The zero-order valence-corrected chi connectivity index (χ0v) is 18.7. The quantitative estimate of drug-likeness (QED) is 0.519. The van der Waals surface area contributed by atoms with Crippen molar-refractivity contribution in [1.29, 1.82) is 0 Å². The lowest BCUT2D eigenvalue weighted by molar-refractivity contribution is 0.208. The third kappa shape index (κ3) is 2.79. The smallest absolute Gasteiger partial charge is 0.194 e. The Morgan fingerprint density at radius 3 is 2.60 bits per heavy atom. The third-order valence-electron chi connectivity index (χ3n) is 7.01. The van der Waals surface area contributed by atoms with Gasteiger partial charge in [0.2, 0.25) is 0 Å². The Kier molecular flexibility index (Phi) is 3.73. The Morgan fingerprint density at radius 1 is 1.13 bits per heavy atom. The Balaban J connectivity index is 1.36. The van der Waals surface area contributed by atoms with Crippen molar-refractivity contribution >= 4 is 27.2 Å². The van der Waals surface area contributed by atoms with Gasteiger partial charge in [-0.05, 0) is 57.2 Å². The van der Waals surface area contributed by atoms with Crippen molar-refractivity contribution < 1.29 is 4.74 Å². The number of thiazole rings is 1. The third-order valence-corrected chi connectivity index (χ3v) is 8.06. The molecule has 5 heterocycles. The molecule has 2 aliphatic rings. The highest BCUT2D eigenvalue weighted by Gasteiger charge is 2.49. The van der Waals surface area contributed by atoms with E-state index in [2.05, 4.69) is 53.2 Å². The van der Waals surface area contributed by atoms with Crippen molar-refractivity contribution in [2.45, 2.75) is 56.5 Å². The van der Waals surface area contributed by atoms with Gasteiger partial charge in [-0.3, -0.25) is 9.08 Å². The van der Waals surface area contributed by atoms with Gasteiger partial charge in [0.25, 0.3) is 0 Å². The van der Waals surface area contributed by atoms with Gasteiger partial charge >= 0.3 is 0 Å². The van der Waals surface area contributed by atoms with Crippen LogP contribution in [0.2, 0.25) is 0 Å². The molecule has 1 N–H and O–H groups in total. The van der Waals surface area contributed by atoms with E-state index in [1.807, 2.05) is 17.9 Å². The lowest BCUT2D eigenvalue weighted by Crippen LogP contribution is -2.52. The van der Waals surface area contributed by atoms with Gasteiger partial charge in [-0.25, -0.2) is 4.98 Å². The van der Waals surface area contributed by atoms with Crippen molar-refractivity contribution in [1.82, 2.24) is 24.5 Å².